The Kier molecular flexibility index (Phi) is 4.23. The first-order valence-electron chi connectivity index (χ1n) is 5.35. The van der Waals surface area contributed by atoms with Gasteiger partial charge in [0, 0.05) is 12.0 Å². The van der Waals surface area contributed by atoms with Crippen LogP contribution in [-0.2, 0) is 4.79 Å². The number of hydrogen-bond donors (Lipinski definition) is 1. The molecule has 16 heavy (non-hydrogen) atoms. The molecular formula is C13H16O3. The zero-order valence-corrected chi connectivity index (χ0v) is 9.56. The van der Waals surface area contributed by atoms with Gasteiger partial charge in [-0.2, -0.15) is 0 Å². The third-order valence-corrected chi connectivity index (χ3v) is 2.44. The van der Waals surface area contributed by atoms with Crippen LogP contribution in [-0.4, -0.2) is 16.9 Å². The highest BCUT2D eigenvalue weighted by molar-refractivity contribution is 5.97. The second-order valence-electron chi connectivity index (χ2n) is 4.10. The number of benzene rings is 1. The molecule has 1 aromatic carbocycles. The Hall–Kier alpha value is -1.64. The molecule has 86 valence electrons. The normalized spacial score (nSPS) is 10.4. The fourth-order valence-electron chi connectivity index (χ4n) is 1.44. The van der Waals surface area contributed by atoms with Gasteiger partial charge in [0.1, 0.15) is 0 Å². The summed E-state index contributed by atoms with van der Waals surface area (Å²) in [6.45, 7) is 4.11. The molecule has 0 aromatic heterocycles. The van der Waals surface area contributed by atoms with Crippen LogP contribution in [0.2, 0.25) is 0 Å². The van der Waals surface area contributed by atoms with Gasteiger partial charge in [-0.3, -0.25) is 9.59 Å². The Bertz CT molecular complexity index is 394. The van der Waals surface area contributed by atoms with Gasteiger partial charge in [0.15, 0.2) is 5.78 Å². The van der Waals surface area contributed by atoms with Crippen molar-refractivity contribution in [2.45, 2.75) is 32.6 Å². The highest BCUT2D eigenvalue weighted by Gasteiger charge is 2.09. The minimum Gasteiger partial charge on any atom is -0.481 e. The van der Waals surface area contributed by atoms with E-state index in [-0.39, 0.29) is 18.6 Å². The van der Waals surface area contributed by atoms with E-state index in [4.69, 9.17) is 5.11 Å². The van der Waals surface area contributed by atoms with Crippen LogP contribution < -0.4 is 0 Å². The van der Waals surface area contributed by atoms with Crippen molar-refractivity contribution in [3.8, 4) is 0 Å². The van der Waals surface area contributed by atoms with Crippen molar-refractivity contribution in [1.29, 1.82) is 0 Å². The molecule has 0 aliphatic heterocycles. The first-order chi connectivity index (χ1) is 7.50. The van der Waals surface area contributed by atoms with Gasteiger partial charge in [-0.25, -0.2) is 0 Å². The van der Waals surface area contributed by atoms with Gasteiger partial charge in [-0.15, -0.1) is 0 Å². The van der Waals surface area contributed by atoms with Crippen molar-refractivity contribution in [1.82, 2.24) is 0 Å². The Balaban J connectivity index is 2.75. The van der Waals surface area contributed by atoms with Gasteiger partial charge < -0.3 is 5.11 Å². The largest absolute Gasteiger partial charge is 0.481 e. The predicted octanol–water partition coefficient (Wildman–Crippen LogP) is 2.86. The minimum atomic E-state index is -0.937. The van der Waals surface area contributed by atoms with Crippen LogP contribution in [0.5, 0.6) is 0 Å². The zero-order chi connectivity index (χ0) is 12.1. The Labute approximate surface area is 95.1 Å². The summed E-state index contributed by atoms with van der Waals surface area (Å²) in [6.07, 6.45) is -0.0401. The lowest BCUT2D eigenvalue weighted by molar-refractivity contribution is -0.136. The topological polar surface area (TPSA) is 54.4 Å². The summed E-state index contributed by atoms with van der Waals surface area (Å²) in [5, 5.41) is 8.50. The Morgan fingerprint density at radius 2 is 1.94 bits per heavy atom. The molecule has 0 radical (unpaired) electrons. The van der Waals surface area contributed by atoms with Crippen LogP contribution >= 0.6 is 0 Å². The summed E-state index contributed by atoms with van der Waals surface area (Å²) >= 11 is 0. The lowest BCUT2D eigenvalue weighted by Crippen LogP contribution is -2.04. The van der Waals surface area contributed by atoms with Crippen LogP contribution in [0.1, 0.15) is 48.5 Å². The van der Waals surface area contributed by atoms with E-state index in [9.17, 15) is 9.59 Å². The molecule has 0 saturated carbocycles. The van der Waals surface area contributed by atoms with Crippen molar-refractivity contribution in [2.24, 2.45) is 0 Å². The Morgan fingerprint density at radius 1 is 1.25 bits per heavy atom. The summed E-state index contributed by atoms with van der Waals surface area (Å²) in [4.78, 5) is 22.0. The molecule has 3 nitrogen and oxygen atoms in total. The fraction of sp³-hybridized carbons (Fsp3) is 0.385. The third-order valence-electron chi connectivity index (χ3n) is 2.44. The standard InChI is InChI=1S/C13H16O3/c1-9(2)10-4-3-5-11(8-10)12(14)6-7-13(15)16/h3-5,8-9H,6-7H2,1-2H3,(H,15,16). The molecule has 0 heterocycles. The maximum atomic E-state index is 11.7. The molecule has 3 heteroatoms. The molecule has 0 spiro atoms. The molecule has 0 saturated heterocycles. The highest BCUT2D eigenvalue weighted by atomic mass is 16.4. The summed E-state index contributed by atoms with van der Waals surface area (Å²) in [5.41, 5.74) is 1.70. The molecule has 1 rings (SSSR count). The van der Waals surface area contributed by atoms with Crippen LogP contribution in [0.3, 0.4) is 0 Å². The van der Waals surface area contributed by atoms with Crippen LogP contribution in [0.15, 0.2) is 24.3 Å². The second-order valence-corrected chi connectivity index (χ2v) is 4.10. The molecule has 1 aromatic rings. The van der Waals surface area contributed by atoms with E-state index < -0.39 is 5.97 Å². The van der Waals surface area contributed by atoms with E-state index in [0.29, 0.717) is 11.5 Å². The van der Waals surface area contributed by atoms with Crippen LogP contribution in [0, 0.1) is 0 Å². The van der Waals surface area contributed by atoms with Crippen LogP contribution in [0.25, 0.3) is 0 Å². The number of carbonyl (C=O) groups excluding carboxylic acids is 1. The molecule has 0 bridgehead atoms. The molecule has 0 atom stereocenters. The first kappa shape index (κ1) is 12.4. The van der Waals surface area contributed by atoms with E-state index in [1.54, 1.807) is 6.07 Å². The van der Waals surface area contributed by atoms with Crippen molar-refractivity contribution in [3.63, 3.8) is 0 Å². The van der Waals surface area contributed by atoms with E-state index in [0.717, 1.165) is 5.56 Å². The van der Waals surface area contributed by atoms with Crippen molar-refractivity contribution >= 4 is 11.8 Å². The van der Waals surface area contributed by atoms with Crippen molar-refractivity contribution in [2.75, 3.05) is 0 Å². The van der Waals surface area contributed by atoms with E-state index >= 15 is 0 Å². The van der Waals surface area contributed by atoms with E-state index in [1.807, 2.05) is 18.2 Å². The number of rotatable bonds is 5. The number of aliphatic carboxylic acids is 1. The predicted molar refractivity (Wildman–Crippen MR) is 61.7 cm³/mol. The van der Waals surface area contributed by atoms with Crippen molar-refractivity contribution in [3.05, 3.63) is 35.4 Å². The van der Waals surface area contributed by atoms with Gasteiger partial charge in [0.25, 0.3) is 0 Å². The van der Waals surface area contributed by atoms with Gasteiger partial charge in [0.2, 0.25) is 0 Å². The summed E-state index contributed by atoms with van der Waals surface area (Å²) in [7, 11) is 0. The molecule has 0 unspecified atom stereocenters. The second kappa shape index (κ2) is 5.45. The fourth-order valence-corrected chi connectivity index (χ4v) is 1.44. The average molecular weight is 220 g/mol. The quantitative estimate of drug-likeness (QED) is 0.776. The number of carboxylic acid groups (broad SMARTS) is 1. The Morgan fingerprint density at radius 3 is 2.50 bits per heavy atom. The lowest BCUT2D eigenvalue weighted by Gasteiger charge is -2.06. The number of Topliss-reactive ketones (excluding diaryl/α,β-unsaturated/α-hetero) is 1. The van der Waals surface area contributed by atoms with Gasteiger partial charge >= 0.3 is 5.97 Å². The van der Waals surface area contributed by atoms with Crippen molar-refractivity contribution < 1.29 is 14.7 Å². The maximum Gasteiger partial charge on any atom is 0.303 e. The molecular weight excluding hydrogens is 204 g/mol. The van der Waals surface area contributed by atoms with Gasteiger partial charge in [0.05, 0.1) is 6.42 Å². The summed E-state index contributed by atoms with van der Waals surface area (Å²) in [6, 6.07) is 7.38. The number of hydrogen-bond acceptors (Lipinski definition) is 2. The molecule has 0 amide bonds. The van der Waals surface area contributed by atoms with Gasteiger partial charge in [-0.05, 0) is 17.5 Å². The minimum absolute atomic E-state index is 0.0664. The highest BCUT2D eigenvalue weighted by Crippen LogP contribution is 2.16. The van der Waals surface area contributed by atoms with Crippen LogP contribution in [0.4, 0.5) is 0 Å². The maximum absolute atomic E-state index is 11.7. The molecule has 0 aliphatic carbocycles. The average Bonchev–Trinajstić information content (AvgIpc) is 2.26. The summed E-state index contributed by atoms with van der Waals surface area (Å²) < 4.78 is 0. The third kappa shape index (κ3) is 3.50. The monoisotopic (exact) mass is 220 g/mol. The smallest absolute Gasteiger partial charge is 0.303 e. The molecule has 0 fully saturated rings. The number of carboxylic acids is 1. The summed E-state index contributed by atoms with van der Waals surface area (Å²) in [5.74, 6) is -0.675. The van der Waals surface area contributed by atoms with E-state index in [1.165, 1.54) is 0 Å². The zero-order valence-electron chi connectivity index (χ0n) is 9.56. The molecule has 1 N–H and O–H groups in total. The molecule has 0 aliphatic rings. The first-order valence-corrected chi connectivity index (χ1v) is 5.35. The number of ketones is 1. The van der Waals surface area contributed by atoms with Gasteiger partial charge in [-0.1, -0.05) is 32.0 Å². The SMILES string of the molecule is CC(C)c1cccc(C(=O)CCC(=O)O)c1. The lowest BCUT2D eigenvalue weighted by atomic mass is 9.98. The number of carbonyl (C=O) groups is 2. The van der Waals surface area contributed by atoms with E-state index in [2.05, 4.69) is 13.8 Å².